The molecule has 2 atom stereocenters. The summed E-state index contributed by atoms with van der Waals surface area (Å²) in [5.41, 5.74) is -0.394. The minimum absolute atomic E-state index is 0.385. The maximum absolute atomic E-state index is 9.32. The zero-order chi connectivity index (χ0) is 14.1. The third-order valence-corrected chi connectivity index (χ3v) is 3.80. The number of nitrogens with zero attached hydrogens (tertiary/aromatic N) is 2. The van der Waals surface area contributed by atoms with Crippen LogP contribution in [0, 0.1) is 11.3 Å². The lowest BCUT2D eigenvalue weighted by atomic mass is 9.98. The first-order valence-corrected chi connectivity index (χ1v) is 7.63. The Bertz CT molecular complexity index is 288. The smallest absolute Gasteiger partial charge is 0.105 e. The molecule has 1 saturated heterocycles. The van der Waals surface area contributed by atoms with Gasteiger partial charge in [0.1, 0.15) is 5.54 Å². The number of hydrogen-bond acceptors (Lipinski definition) is 4. The molecule has 1 N–H and O–H groups in total. The van der Waals surface area contributed by atoms with Crippen molar-refractivity contribution in [2.24, 2.45) is 0 Å². The minimum Gasteiger partial charge on any atom is -0.377 e. The van der Waals surface area contributed by atoms with Gasteiger partial charge in [0.2, 0.25) is 0 Å². The molecule has 0 saturated carbocycles. The standard InChI is InChI=1S/C15H29N3O/c1-4-9-17-15(3,13-16)8-11-18-10-6-7-14(12-18)19-5-2/h14,17H,4-12H2,1-3H3. The summed E-state index contributed by atoms with van der Waals surface area (Å²) in [6.07, 6.45) is 4.70. The maximum atomic E-state index is 9.32. The number of rotatable bonds is 8. The highest BCUT2D eigenvalue weighted by molar-refractivity contribution is 5.04. The van der Waals surface area contributed by atoms with E-state index in [1.54, 1.807) is 0 Å². The lowest BCUT2D eigenvalue weighted by molar-refractivity contribution is 0.00454. The summed E-state index contributed by atoms with van der Waals surface area (Å²) < 4.78 is 5.71. The topological polar surface area (TPSA) is 48.3 Å². The van der Waals surface area contributed by atoms with Crippen molar-refractivity contribution >= 4 is 0 Å². The third kappa shape index (κ3) is 5.90. The van der Waals surface area contributed by atoms with E-state index in [0.717, 1.165) is 45.6 Å². The van der Waals surface area contributed by atoms with Gasteiger partial charge in [-0.1, -0.05) is 6.92 Å². The molecule has 0 spiro atoms. The normalized spacial score (nSPS) is 23.8. The Morgan fingerprint density at radius 1 is 1.47 bits per heavy atom. The molecular weight excluding hydrogens is 238 g/mol. The average molecular weight is 267 g/mol. The fourth-order valence-electron chi connectivity index (χ4n) is 2.55. The van der Waals surface area contributed by atoms with Crippen LogP contribution in [0.5, 0.6) is 0 Å². The summed E-state index contributed by atoms with van der Waals surface area (Å²) in [5.74, 6) is 0. The Hall–Kier alpha value is -0.630. The van der Waals surface area contributed by atoms with Crippen molar-refractivity contribution in [1.82, 2.24) is 10.2 Å². The van der Waals surface area contributed by atoms with E-state index in [4.69, 9.17) is 4.74 Å². The van der Waals surface area contributed by atoms with Gasteiger partial charge in [0.05, 0.1) is 12.2 Å². The van der Waals surface area contributed by atoms with E-state index < -0.39 is 5.54 Å². The molecule has 0 aromatic rings. The van der Waals surface area contributed by atoms with Crippen LogP contribution in [0.25, 0.3) is 0 Å². The molecule has 1 heterocycles. The van der Waals surface area contributed by atoms with Crippen molar-refractivity contribution in [1.29, 1.82) is 5.26 Å². The Kier molecular flexibility index (Phi) is 7.37. The van der Waals surface area contributed by atoms with Gasteiger partial charge in [0.15, 0.2) is 0 Å². The molecule has 4 nitrogen and oxygen atoms in total. The van der Waals surface area contributed by atoms with Gasteiger partial charge in [0.25, 0.3) is 0 Å². The van der Waals surface area contributed by atoms with Gasteiger partial charge in [0, 0.05) is 19.7 Å². The number of ether oxygens (including phenoxy) is 1. The van der Waals surface area contributed by atoms with Crippen LogP contribution in [0.3, 0.4) is 0 Å². The van der Waals surface area contributed by atoms with Crippen molar-refractivity contribution in [3.05, 3.63) is 0 Å². The Labute approximate surface area is 118 Å². The first kappa shape index (κ1) is 16.4. The van der Waals surface area contributed by atoms with Crippen molar-refractivity contribution in [3.8, 4) is 6.07 Å². The van der Waals surface area contributed by atoms with E-state index in [1.165, 1.54) is 12.8 Å². The highest BCUT2D eigenvalue weighted by Crippen LogP contribution is 2.16. The molecule has 0 bridgehead atoms. The molecule has 110 valence electrons. The summed E-state index contributed by atoms with van der Waals surface area (Å²) >= 11 is 0. The summed E-state index contributed by atoms with van der Waals surface area (Å²) in [4.78, 5) is 2.44. The van der Waals surface area contributed by atoms with E-state index in [0.29, 0.717) is 6.10 Å². The fourth-order valence-corrected chi connectivity index (χ4v) is 2.55. The van der Waals surface area contributed by atoms with Gasteiger partial charge in [-0.25, -0.2) is 0 Å². The minimum atomic E-state index is -0.394. The van der Waals surface area contributed by atoms with E-state index >= 15 is 0 Å². The van der Waals surface area contributed by atoms with Crippen LogP contribution in [0.2, 0.25) is 0 Å². The van der Waals surface area contributed by atoms with Crippen LogP contribution in [-0.2, 0) is 4.74 Å². The molecule has 0 aliphatic carbocycles. The zero-order valence-electron chi connectivity index (χ0n) is 12.7. The fraction of sp³-hybridized carbons (Fsp3) is 0.933. The van der Waals surface area contributed by atoms with E-state index in [9.17, 15) is 5.26 Å². The molecule has 1 fully saturated rings. The van der Waals surface area contributed by atoms with E-state index in [1.807, 2.05) is 6.92 Å². The first-order valence-electron chi connectivity index (χ1n) is 7.63. The maximum Gasteiger partial charge on any atom is 0.105 e. The molecule has 1 aliphatic rings. The summed E-state index contributed by atoms with van der Waals surface area (Å²) in [6, 6.07) is 2.42. The van der Waals surface area contributed by atoms with Crippen molar-refractivity contribution in [2.75, 3.05) is 32.8 Å². The summed E-state index contributed by atoms with van der Waals surface area (Å²) in [6.45, 7) is 11.0. The number of nitrogens with one attached hydrogen (secondary N) is 1. The van der Waals surface area contributed by atoms with Crippen LogP contribution in [0.4, 0.5) is 0 Å². The van der Waals surface area contributed by atoms with Gasteiger partial charge >= 0.3 is 0 Å². The van der Waals surface area contributed by atoms with Crippen LogP contribution in [0.1, 0.15) is 46.5 Å². The molecule has 1 rings (SSSR count). The highest BCUT2D eigenvalue weighted by Gasteiger charge is 2.26. The Morgan fingerprint density at radius 2 is 2.26 bits per heavy atom. The van der Waals surface area contributed by atoms with Gasteiger partial charge in [-0.2, -0.15) is 5.26 Å². The van der Waals surface area contributed by atoms with E-state index in [2.05, 4.69) is 30.1 Å². The van der Waals surface area contributed by atoms with Gasteiger partial charge in [-0.05, 0) is 52.6 Å². The molecule has 2 unspecified atom stereocenters. The number of nitriles is 1. The van der Waals surface area contributed by atoms with Crippen molar-refractivity contribution in [2.45, 2.75) is 58.1 Å². The number of piperidine rings is 1. The van der Waals surface area contributed by atoms with Crippen molar-refractivity contribution in [3.63, 3.8) is 0 Å². The SMILES string of the molecule is CCCNC(C)(C#N)CCN1CCCC(OCC)C1. The quantitative estimate of drug-likeness (QED) is 0.732. The number of likely N-dealkylation sites (tertiary alicyclic amines) is 1. The zero-order valence-corrected chi connectivity index (χ0v) is 12.7. The molecule has 0 aromatic heterocycles. The van der Waals surface area contributed by atoms with Crippen molar-refractivity contribution < 1.29 is 4.74 Å². The molecular formula is C15H29N3O. The average Bonchev–Trinajstić information content (AvgIpc) is 2.44. The van der Waals surface area contributed by atoms with Crippen LogP contribution >= 0.6 is 0 Å². The largest absolute Gasteiger partial charge is 0.377 e. The second-order valence-corrected chi connectivity index (χ2v) is 5.64. The van der Waals surface area contributed by atoms with Gasteiger partial charge < -0.3 is 9.64 Å². The predicted octanol–water partition coefficient (Wildman–Crippen LogP) is 2.16. The van der Waals surface area contributed by atoms with Crippen LogP contribution in [0.15, 0.2) is 0 Å². The third-order valence-electron chi connectivity index (χ3n) is 3.80. The second kappa shape index (κ2) is 8.52. The van der Waals surface area contributed by atoms with Crippen LogP contribution < -0.4 is 5.32 Å². The van der Waals surface area contributed by atoms with Gasteiger partial charge in [-0.3, -0.25) is 5.32 Å². The molecule has 4 heteroatoms. The van der Waals surface area contributed by atoms with Crippen LogP contribution in [-0.4, -0.2) is 49.3 Å². The predicted molar refractivity (Wildman–Crippen MR) is 78.0 cm³/mol. The van der Waals surface area contributed by atoms with Gasteiger partial charge in [-0.15, -0.1) is 0 Å². The molecule has 0 aromatic carbocycles. The molecule has 0 radical (unpaired) electrons. The lowest BCUT2D eigenvalue weighted by Gasteiger charge is -2.34. The first-order chi connectivity index (χ1) is 9.13. The lowest BCUT2D eigenvalue weighted by Crippen LogP contribution is -2.46. The number of hydrogen-bond donors (Lipinski definition) is 1. The second-order valence-electron chi connectivity index (χ2n) is 5.64. The summed E-state index contributed by atoms with van der Waals surface area (Å²) in [7, 11) is 0. The molecule has 1 aliphatic heterocycles. The molecule has 0 amide bonds. The van der Waals surface area contributed by atoms with E-state index in [-0.39, 0.29) is 0 Å². The Morgan fingerprint density at radius 3 is 2.89 bits per heavy atom. The monoisotopic (exact) mass is 267 g/mol. The highest BCUT2D eigenvalue weighted by atomic mass is 16.5. The Balaban J connectivity index is 2.35. The molecule has 19 heavy (non-hydrogen) atoms. The summed E-state index contributed by atoms with van der Waals surface area (Å²) in [5, 5.41) is 12.7.